The Morgan fingerprint density at radius 3 is 2.44 bits per heavy atom. The van der Waals surface area contributed by atoms with Gasteiger partial charge in [0.05, 0.1) is 29.5 Å². The van der Waals surface area contributed by atoms with E-state index in [0.29, 0.717) is 28.9 Å². The van der Waals surface area contributed by atoms with Crippen molar-refractivity contribution in [1.29, 1.82) is 0 Å². The lowest BCUT2D eigenvalue weighted by Crippen LogP contribution is -2.48. The number of nitrogens with zero attached hydrogens (tertiary/aromatic N) is 1. The van der Waals surface area contributed by atoms with E-state index in [0.717, 1.165) is 43.6 Å². The molecular weight excluding hydrogens is 600 g/mol. The van der Waals surface area contributed by atoms with Gasteiger partial charge in [0, 0.05) is 23.6 Å². The fourth-order valence-corrected chi connectivity index (χ4v) is 6.34. The van der Waals surface area contributed by atoms with E-state index in [1.165, 1.54) is 11.1 Å². The molecule has 2 N–H and O–H groups in total. The van der Waals surface area contributed by atoms with Gasteiger partial charge in [-0.25, -0.2) is 8.42 Å². The van der Waals surface area contributed by atoms with E-state index >= 15 is 0 Å². The normalized spacial score (nSPS) is 19.2. The second-order valence-electron chi connectivity index (χ2n) is 10.0. The van der Waals surface area contributed by atoms with Gasteiger partial charge in [-0.1, -0.05) is 24.1 Å². The van der Waals surface area contributed by atoms with E-state index in [2.05, 4.69) is 10.2 Å². The zero-order chi connectivity index (χ0) is 30.0. The molecule has 7 nitrogen and oxygen atoms in total. The molecule has 0 spiro atoms. The molecule has 1 saturated heterocycles. The number of piperidine rings is 1. The number of carbonyl (C=O) groups is 1. The van der Waals surface area contributed by atoms with Crippen LogP contribution >= 0.6 is 11.6 Å². The van der Waals surface area contributed by atoms with E-state index in [1.54, 1.807) is 12.1 Å². The Bertz CT molecular complexity index is 1360. The van der Waals surface area contributed by atoms with Crippen LogP contribution in [0.15, 0.2) is 41.3 Å². The second kappa shape index (κ2) is 12.4. The third-order valence-electron chi connectivity index (χ3n) is 6.95. The summed E-state index contributed by atoms with van der Waals surface area (Å²) in [6.45, 7) is 2.65. The lowest BCUT2D eigenvalue weighted by Gasteiger charge is -2.30. The number of rotatable bonds is 8. The van der Waals surface area contributed by atoms with Gasteiger partial charge in [0.15, 0.2) is 0 Å². The largest absolute Gasteiger partial charge is 0.493 e. The first-order valence-electron chi connectivity index (χ1n) is 12.9. The fourth-order valence-electron chi connectivity index (χ4n) is 4.84. The van der Waals surface area contributed by atoms with Crippen LogP contribution < -0.4 is 14.8 Å². The van der Waals surface area contributed by atoms with Crippen LogP contribution in [0.2, 0.25) is 5.02 Å². The molecule has 1 unspecified atom stereocenters. The first kappa shape index (κ1) is 31.4. The molecule has 0 aromatic heterocycles. The lowest BCUT2D eigenvalue weighted by molar-refractivity contribution is -0.158. The van der Waals surface area contributed by atoms with E-state index < -0.39 is 57.2 Å². The highest BCUT2D eigenvalue weighted by atomic mass is 35.5. The first-order chi connectivity index (χ1) is 19.1. The number of fused-ring (bicyclic) bond motifs is 1. The topological polar surface area (TPSA) is 87.7 Å². The average molecular weight is 628 g/mol. The molecule has 2 atom stereocenters. The van der Waals surface area contributed by atoms with Gasteiger partial charge in [-0.05, 0) is 61.8 Å². The Labute approximate surface area is 238 Å². The van der Waals surface area contributed by atoms with Crippen LogP contribution in [-0.2, 0) is 27.5 Å². The van der Waals surface area contributed by atoms with Crippen molar-refractivity contribution in [2.75, 3.05) is 19.7 Å². The fraction of sp³-hybridized carbons (Fsp3) is 0.500. The quantitative estimate of drug-likeness (QED) is 0.373. The minimum Gasteiger partial charge on any atom is -0.493 e. The summed E-state index contributed by atoms with van der Waals surface area (Å²) in [5.41, 5.74) is -0.0527. The van der Waals surface area contributed by atoms with E-state index in [9.17, 15) is 39.6 Å². The monoisotopic (exact) mass is 627 g/mol. The molecule has 0 radical (unpaired) electrons. The average Bonchev–Trinajstić information content (AvgIpc) is 2.89. The number of nitrogens with one attached hydrogen (secondary N) is 2. The minimum absolute atomic E-state index is 0.174. The van der Waals surface area contributed by atoms with Crippen LogP contribution in [-0.4, -0.2) is 51.1 Å². The van der Waals surface area contributed by atoms with E-state index in [-0.39, 0.29) is 19.1 Å². The predicted molar refractivity (Wildman–Crippen MR) is 138 cm³/mol. The molecule has 1 fully saturated rings. The summed E-state index contributed by atoms with van der Waals surface area (Å²) in [6.07, 6.45) is -7.90. The Morgan fingerprint density at radius 2 is 1.78 bits per heavy atom. The minimum atomic E-state index is -5.22. The van der Waals surface area contributed by atoms with Crippen LogP contribution in [0.5, 0.6) is 5.75 Å². The number of halogens is 7. The van der Waals surface area contributed by atoms with Crippen molar-refractivity contribution < 1.29 is 44.3 Å². The highest BCUT2D eigenvalue weighted by molar-refractivity contribution is 7.89. The maximum absolute atomic E-state index is 13.8. The Morgan fingerprint density at radius 1 is 1.07 bits per heavy atom. The van der Waals surface area contributed by atoms with E-state index in [4.69, 9.17) is 16.3 Å². The number of sulfonamides is 1. The zero-order valence-corrected chi connectivity index (χ0v) is 23.2. The van der Waals surface area contributed by atoms with Crippen LogP contribution in [0.3, 0.4) is 0 Å². The van der Waals surface area contributed by atoms with Crippen molar-refractivity contribution in [3.8, 4) is 5.75 Å². The number of alkyl halides is 6. The van der Waals surface area contributed by atoms with E-state index in [1.807, 2.05) is 0 Å². The van der Waals surface area contributed by atoms with Gasteiger partial charge in [-0.15, -0.1) is 0 Å². The van der Waals surface area contributed by atoms with Crippen LogP contribution in [0.25, 0.3) is 0 Å². The summed E-state index contributed by atoms with van der Waals surface area (Å²) in [5, 5.41) is 2.91. The molecule has 2 aliphatic rings. The number of amides is 1. The summed E-state index contributed by atoms with van der Waals surface area (Å²) in [6, 6.07) is 2.02. The molecule has 2 aromatic rings. The van der Waals surface area contributed by atoms with Crippen molar-refractivity contribution in [2.45, 2.75) is 68.0 Å². The molecule has 2 aliphatic heterocycles. The maximum atomic E-state index is 13.8. The molecule has 226 valence electrons. The molecule has 2 aromatic carbocycles. The molecule has 0 saturated carbocycles. The zero-order valence-electron chi connectivity index (χ0n) is 21.6. The van der Waals surface area contributed by atoms with Crippen LogP contribution in [0, 0.1) is 0 Å². The molecule has 1 amide bonds. The molecule has 0 bridgehead atoms. The van der Waals surface area contributed by atoms with Crippen molar-refractivity contribution in [1.82, 2.24) is 14.9 Å². The number of likely N-dealkylation sites (tertiary alicyclic amines) is 1. The van der Waals surface area contributed by atoms with Gasteiger partial charge < -0.3 is 10.1 Å². The molecule has 0 aliphatic carbocycles. The third kappa shape index (κ3) is 8.05. The number of benzene rings is 2. The van der Waals surface area contributed by atoms with Gasteiger partial charge in [0.1, 0.15) is 11.8 Å². The standard InChI is InChI=1S/C26H28ClF6N3O4S/c27-20-13-19-21(7-10-40-22(19)11-16(20)15-36-8-2-1-3-9-36)34-24(37)14-23(26(31,32)33)35-41(38,39)18-6-4-5-17(12-18)25(28,29)30/h4-6,11-13,21,23,35H,1-3,7-10,14-15H2,(H,34,37)/t21?,23-/m1/s1. The lowest BCUT2D eigenvalue weighted by atomic mass is 9.97. The van der Waals surface area contributed by atoms with Gasteiger partial charge in [0.25, 0.3) is 0 Å². The molecule has 2 heterocycles. The van der Waals surface area contributed by atoms with Gasteiger partial charge in [-0.2, -0.15) is 31.1 Å². The summed E-state index contributed by atoms with van der Waals surface area (Å²) >= 11 is 6.51. The van der Waals surface area contributed by atoms with Crippen molar-refractivity contribution in [2.24, 2.45) is 0 Å². The van der Waals surface area contributed by atoms with Crippen molar-refractivity contribution in [3.63, 3.8) is 0 Å². The Balaban J connectivity index is 1.47. The first-order valence-corrected chi connectivity index (χ1v) is 14.7. The Kier molecular flexibility index (Phi) is 9.46. The third-order valence-corrected chi connectivity index (χ3v) is 8.77. The SMILES string of the molecule is O=C(C[C@@H](NS(=O)(=O)c1cccc(C(F)(F)F)c1)C(F)(F)F)NC1CCOc2cc(CN3CCCCC3)c(Cl)cc21. The predicted octanol–water partition coefficient (Wildman–Crippen LogP) is 5.58. The number of ether oxygens (including phenoxy) is 1. The summed E-state index contributed by atoms with van der Waals surface area (Å²) < 4.78 is 113. The van der Waals surface area contributed by atoms with Crippen LogP contribution in [0.4, 0.5) is 26.3 Å². The summed E-state index contributed by atoms with van der Waals surface area (Å²) in [4.78, 5) is 14.0. The highest BCUT2D eigenvalue weighted by Crippen LogP contribution is 2.37. The molecule has 15 heteroatoms. The van der Waals surface area contributed by atoms with Crippen LogP contribution in [0.1, 0.15) is 54.8 Å². The maximum Gasteiger partial charge on any atom is 0.416 e. The molecule has 41 heavy (non-hydrogen) atoms. The summed E-state index contributed by atoms with van der Waals surface area (Å²) in [7, 11) is -5.07. The van der Waals surface area contributed by atoms with Crippen molar-refractivity contribution in [3.05, 3.63) is 58.1 Å². The molecule has 4 rings (SSSR count). The van der Waals surface area contributed by atoms with Gasteiger partial charge in [-0.3, -0.25) is 9.69 Å². The Hall–Kier alpha value is -2.55. The number of hydrogen-bond donors (Lipinski definition) is 2. The second-order valence-corrected chi connectivity index (χ2v) is 12.1. The van der Waals surface area contributed by atoms with Gasteiger partial charge >= 0.3 is 12.4 Å². The number of hydrogen-bond acceptors (Lipinski definition) is 5. The summed E-state index contributed by atoms with van der Waals surface area (Å²) in [5.74, 6) is -0.680. The van der Waals surface area contributed by atoms with Gasteiger partial charge in [0.2, 0.25) is 15.9 Å². The smallest absolute Gasteiger partial charge is 0.416 e. The van der Waals surface area contributed by atoms with Crippen molar-refractivity contribution >= 4 is 27.5 Å². The highest BCUT2D eigenvalue weighted by Gasteiger charge is 2.44. The molecular formula is C26H28ClF6N3O4S. The number of carbonyl (C=O) groups excluding carboxylic acids is 1.